The van der Waals surface area contributed by atoms with Gasteiger partial charge in [0.2, 0.25) is 5.76 Å². The summed E-state index contributed by atoms with van der Waals surface area (Å²) in [6, 6.07) is 15.9. The summed E-state index contributed by atoms with van der Waals surface area (Å²) in [5, 5.41) is 8.88. The third-order valence-electron chi connectivity index (χ3n) is 4.60. The summed E-state index contributed by atoms with van der Waals surface area (Å²) in [5.74, 6) is -1.66. The van der Waals surface area contributed by atoms with Crippen LogP contribution in [0.25, 0.3) is 11.1 Å². The van der Waals surface area contributed by atoms with Crippen LogP contribution in [0.5, 0.6) is 0 Å². The molecule has 0 fully saturated rings. The SMILES string of the molecule is CN(C(=O)OCC1c2ccccc2-c2ccccc21)c1ncc(C(=O)O)o1. The molecule has 0 radical (unpaired) electrons. The van der Waals surface area contributed by atoms with E-state index in [1.54, 1.807) is 0 Å². The van der Waals surface area contributed by atoms with Gasteiger partial charge in [-0.25, -0.2) is 19.5 Å². The standard InChI is InChI=1S/C20H16N2O5/c1-22(19-21-10-17(27-19)18(23)24)20(25)26-11-16-14-8-4-2-6-12(14)13-7-3-5-9-15(13)16/h2-10,16H,11H2,1H3,(H,23,24). The van der Waals surface area contributed by atoms with E-state index in [4.69, 9.17) is 14.3 Å². The first-order chi connectivity index (χ1) is 13.1. The molecule has 1 aromatic heterocycles. The number of fused-ring (bicyclic) bond motifs is 3. The van der Waals surface area contributed by atoms with Crippen LogP contribution >= 0.6 is 0 Å². The highest BCUT2D eigenvalue weighted by molar-refractivity contribution is 5.87. The number of aromatic carboxylic acids is 1. The number of aromatic nitrogens is 1. The van der Waals surface area contributed by atoms with Gasteiger partial charge in [-0.15, -0.1) is 0 Å². The van der Waals surface area contributed by atoms with E-state index in [1.165, 1.54) is 7.05 Å². The molecule has 0 bridgehead atoms. The molecule has 1 N–H and O–H groups in total. The van der Waals surface area contributed by atoms with Crippen molar-refractivity contribution in [1.82, 2.24) is 4.98 Å². The summed E-state index contributed by atoms with van der Waals surface area (Å²) in [5.41, 5.74) is 4.50. The second-order valence-electron chi connectivity index (χ2n) is 6.18. The zero-order valence-corrected chi connectivity index (χ0v) is 14.5. The van der Waals surface area contributed by atoms with E-state index < -0.39 is 12.1 Å². The van der Waals surface area contributed by atoms with Crippen molar-refractivity contribution in [1.29, 1.82) is 0 Å². The van der Waals surface area contributed by atoms with Crippen LogP contribution in [0.4, 0.5) is 10.8 Å². The molecule has 0 atom stereocenters. The average Bonchev–Trinajstić information content (AvgIpc) is 3.29. The Morgan fingerprint density at radius 2 is 1.70 bits per heavy atom. The van der Waals surface area contributed by atoms with Gasteiger partial charge < -0.3 is 14.3 Å². The number of anilines is 1. The number of carbonyl (C=O) groups excluding carboxylic acids is 1. The van der Waals surface area contributed by atoms with Gasteiger partial charge in [0, 0.05) is 13.0 Å². The lowest BCUT2D eigenvalue weighted by Gasteiger charge is -2.17. The molecule has 1 amide bonds. The zero-order valence-electron chi connectivity index (χ0n) is 14.5. The molecule has 1 aliphatic carbocycles. The minimum atomic E-state index is -1.25. The maximum Gasteiger partial charge on any atom is 0.417 e. The molecule has 4 rings (SSSR count). The van der Waals surface area contributed by atoms with Gasteiger partial charge in [-0.1, -0.05) is 48.5 Å². The van der Waals surface area contributed by atoms with Crippen molar-refractivity contribution in [2.45, 2.75) is 5.92 Å². The van der Waals surface area contributed by atoms with Crippen LogP contribution in [-0.4, -0.2) is 35.8 Å². The van der Waals surface area contributed by atoms with Crippen molar-refractivity contribution < 1.29 is 23.8 Å². The second kappa shape index (κ2) is 6.60. The molecule has 136 valence electrons. The lowest BCUT2D eigenvalue weighted by Crippen LogP contribution is -2.28. The highest BCUT2D eigenvalue weighted by atomic mass is 16.6. The fourth-order valence-electron chi connectivity index (χ4n) is 3.29. The zero-order chi connectivity index (χ0) is 19.0. The topological polar surface area (TPSA) is 92.9 Å². The molecule has 2 aromatic carbocycles. The predicted molar refractivity (Wildman–Crippen MR) is 96.9 cm³/mol. The van der Waals surface area contributed by atoms with E-state index in [0.29, 0.717) is 0 Å². The molecule has 0 saturated carbocycles. The van der Waals surface area contributed by atoms with Gasteiger partial charge in [0.25, 0.3) is 0 Å². The maximum atomic E-state index is 12.4. The highest BCUT2D eigenvalue weighted by Crippen LogP contribution is 2.44. The predicted octanol–water partition coefficient (Wildman–Crippen LogP) is 3.76. The summed E-state index contributed by atoms with van der Waals surface area (Å²) < 4.78 is 10.5. The van der Waals surface area contributed by atoms with Crippen LogP contribution in [0.15, 0.2) is 59.1 Å². The van der Waals surface area contributed by atoms with Crippen molar-refractivity contribution in [3.05, 3.63) is 71.6 Å². The molecule has 0 saturated heterocycles. The fraction of sp³-hybridized carbons (Fsp3) is 0.150. The number of carboxylic acid groups (broad SMARTS) is 1. The van der Waals surface area contributed by atoms with E-state index in [-0.39, 0.29) is 24.3 Å². The number of nitrogens with zero attached hydrogens (tertiary/aromatic N) is 2. The van der Waals surface area contributed by atoms with Crippen molar-refractivity contribution >= 4 is 18.1 Å². The third kappa shape index (κ3) is 2.93. The molecule has 0 unspecified atom stereocenters. The van der Waals surface area contributed by atoms with Crippen molar-refractivity contribution in [3.8, 4) is 11.1 Å². The Labute approximate surface area is 154 Å². The maximum absolute atomic E-state index is 12.4. The number of ether oxygens (including phenoxy) is 1. The van der Waals surface area contributed by atoms with E-state index in [2.05, 4.69) is 17.1 Å². The number of benzene rings is 2. The van der Waals surface area contributed by atoms with Crippen molar-refractivity contribution in [2.24, 2.45) is 0 Å². The van der Waals surface area contributed by atoms with Gasteiger partial charge in [-0.2, -0.15) is 0 Å². The minimum absolute atomic E-state index is 0.0612. The molecule has 3 aromatic rings. The van der Waals surface area contributed by atoms with Crippen LogP contribution in [0.3, 0.4) is 0 Å². The summed E-state index contributed by atoms with van der Waals surface area (Å²) in [4.78, 5) is 28.1. The van der Waals surface area contributed by atoms with E-state index in [9.17, 15) is 9.59 Å². The van der Waals surface area contributed by atoms with E-state index >= 15 is 0 Å². The summed E-state index contributed by atoms with van der Waals surface area (Å²) >= 11 is 0. The lowest BCUT2D eigenvalue weighted by atomic mass is 9.98. The van der Waals surface area contributed by atoms with Crippen LogP contribution in [-0.2, 0) is 4.74 Å². The number of carboxylic acids is 1. The Balaban J connectivity index is 1.51. The number of oxazole rings is 1. The quantitative estimate of drug-likeness (QED) is 0.758. The Morgan fingerprint density at radius 1 is 1.11 bits per heavy atom. The average molecular weight is 364 g/mol. The Kier molecular flexibility index (Phi) is 4.12. The highest BCUT2D eigenvalue weighted by Gasteiger charge is 2.30. The van der Waals surface area contributed by atoms with Gasteiger partial charge in [0.05, 0.1) is 6.20 Å². The first-order valence-electron chi connectivity index (χ1n) is 8.34. The molecule has 27 heavy (non-hydrogen) atoms. The van der Waals surface area contributed by atoms with Gasteiger partial charge >= 0.3 is 18.1 Å². The Hall–Kier alpha value is -3.61. The molecule has 7 heteroatoms. The summed E-state index contributed by atoms with van der Waals surface area (Å²) in [6.07, 6.45) is 0.376. The van der Waals surface area contributed by atoms with E-state index in [0.717, 1.165) is 33.4 Å². The summed E-state index contributed by atoms with van der Waals surface area (Å²) in [7, 11) is 1.41. The third-order valence-corrected chi connectivity index (χ3v) is 4.60. The number of hydrogen-bond acceptors (Lipinski definition) is 5. The normalized spacial score (nSPS) is 12.3. The van der Waals surface area contributed by atoms with Crippen LogP contribution in [0, 0.1) is 0 Å². The van der Waals surface area contributed by atoms with E-state index in [1.807, 2.05) is 36.4 Å². The van der Waals surface area contributed by atoms with Gasteiger partial charge in [0.1, 0.15) is 6.61 Å². The molecular formula is C20H16N2O5. The smallest absolute Gasteiger partial charge is 0.417 e. The van der Waals surface area contributed by atoms with Gasteiger partial charge in [0.15, 0.2) is 0 Å². The molecular weight excluding hydrogens is 348 g/mol. The molecule has 0 aliphatic heterocycles. The molecule has 0 spiro atoms. The molecule has 1 heterocycles. The van der Waals surface area contributed by atoms with Gasteiger partial charge in [-0.05, 0) is 22.3 Å². The minimum Gasteiger partial charge on any atom is -0.475 e. The fourth-order valence-corrected chi connectivity index (χ4v) is 3.29. The molecule has 7 nitrogen and oxygen atoms in total. The van der Waals surface area contributed by atoms with Crippen molar-refractivity contribution in [3.63, 3.8) is 0 Å². The van der Waals surface area contributed by atoms with Crippen LogP contribution < -0.4 is 4.90 Å². The number of carbonyl (C=O) groups is 2. The summed E-state index contributed by atoms with van der Waals surface area (Å²) in [6.45, 7) is 0.156. The lowest BCUT2D eigenvalue weighted by molar-refractivity contribution is 0.0662. The van der Waals surface area contributed by atoms with Crippen LogP contribution in [0.1, 0.15) is 27.6 Å². The Bertz CT molecular complexity index is 981. The second-order valence-corrected chi connectivity index (χ2v) is 6.18. The first kappa shape index (κ1) is 16.8. The number of hydrogen-bond donors (Lipinski definition) is 1. The monoisotopic (exact) mass is 364 g/mol. The number of amides is 1. The first-order valence-corrected chi connectivity index (χ1v) is 8.34. The Morgan fingerprint density at radius 3 is 2.26 bits per heavy atom. The van der Waals surface area contributed by atoms with Crippen LogP contribution in [0.2, 0.25) is 0 Å². The number of rotatable bonds is 4. The van der Waals surface area contributed by atoms with Crippen molar-refractivity contribution in [2.75, 3.05) is 18.6 Å². The molecule has 1 aliphatic rings. The largest absolute Gasteiger partial charge is 0.475 e. The van der Waals surface area contributed by atoms with Gasteiger partial charge in [-0.3, -0.25) is 0 Å².